The highest BCUT2D eigenvalue weighted by Crippen LogP contribution is 2.20. The molecule has 0 saturated carbocycles. The van der Waals surface area contributed by atoms with E-state index in [0.717, 1.165) is 12.0 Å². The van der Waals surface area contributed by atoms with Crippen molar-refractivity contribution in [2.75, 3.05) is 24.5 Å². The predicted molar refractivity (Wildman–Crippen MR) is 84.2 cm³/mol. The molecule has 1 aliphatic rings. The van der Waals surface area contributed by atoms with Gasteiger partial charge in [0.25, 0.3) is 0 Å². The van der Waals surface area contributed by atoms with Gasteiger partial charge in [0.1, 0.15) is 11.3 Å². The molecule has 1 saturated heterocycles. The Morgan fingerprint density at radius 3 is 2.59 bits per heavy atom. The lowest BCUT2D eigenvalue weighted by atomic mass is 10.1. The van der Waals surface area contributed by atoms with E-state index in [9.17, 15) is 9.59 Å². The lowest BCUT2D eigenvalue weighted by Crippen LogP contribution is -2.55. The maximum absolute atomic E-state index is 12.2. The number of hydrogen-bond acceptors (Lipinski definition) is 5. The molecule has 1 aliphatic heterocycles. The van der Waals surface area contributed by atoms with E-state index in [4.69, 9.17) is 4.74 Å². The normalized spacial score (nSPS) is 19.0. The van der Waals surface area contributed by atoms with E-state index in [-0.39, 0.29) is 12.1 Å². The molecule has 2 heterocycles. The number of hydrogen-bond donors (Lipinski definition) is 0. The van der Waals surface area contributed by atoms with Gasteiger partial charge in [0, 0.05) is 25.7 Å². The second-order valence-electron chi connectivity index (χ2n) is 6.53. The van der Waals surface area contributed by atoms with Crippen LogP contribution in [0, 0.1) is 0 Å². The van der Waals surface area contributed by atoms with Crippen molar-refractivity contribution in [2.45, 2.75) is 39.3 Å². The average Bonchev–Trinajstić information content (AvgIpc) is 2.45. The molecule has 6 nitrogen and oxygen atoms in total. The number of amides is 1. The highest BCUT2D eigenvalue weighted by molar-refractivity contribution is 5.72. The summed E-state index contributed by atoms with van der Waals surface area (Å²) in [6, 6.07) is 3.63. The molecule has 120 valence electrons. The molecular weight excluding hydrogens is 282 g/mol. The van der Waals surface area contributed by atoms with Crippen molar-refractivity contribution in [3.05, 3.63) is 24.0 Å². The zero-order chi connectivity index (χ0) is 16.3. The third-order valence-corrected chi connectivity index (χ3v) is 3.51. The molecule has 0 unspecified atom stereocenters. The maximum atomic E-state index is 12.2. The molecule has 0 radical (unpaired) electrons. The van der Waals surface area contributed by atoms with Gasteiger partial charge >= 0.3 is 6.09 Å². The zero-order valence-electron chi connectivity index (χ0n) is 13.6. The van der Waals surface area contributed by atoms with Crippen LogP contribution in [0.1, 0.15) is 38.2 Å². The largest absolute Gasteiger partial charge is 0.444 e. The SMILES string of the molecule is C[C@H]1CN(c2ccc(C=O)nc2)CCN1C(=O)OC(C)(C)C. The van der Waals surface area contributed by atoms with Crippen LogP contribution in [-0.4, -0.2) is 53.5 Å². The van der Waals surface area contributed by atoms with Crippen LogP contribution < -0.4 is 4.90 Å². The standard InChI is InChI=1S/C16H23N3O3/c1-12-10-18(14-6-5-13(11-20)17-9-14)7-8-19(12)15(21)22-16(2,3)4/h5-6,9,11-12H,7-8,10H2,1-4H3/t12-/m0/s1. The van der Waals surface area contributed by atoms with Crippen LogP contribution in [0.25, 0.3) is 0 Å². The first-order valence-electron chi connectivity index (χ1n) is 7.46. The number of pyridine rings is 1. The lowest BCUT2D eigenvalue weighted by molar-refractivity contribution is 0.0159. The number of carbonyl (C=O) groups excluding carboxylic acids is 2. The van der Waals surface area contributed by atoms with E-state index in [2.05, 4.69) is 9.88 Å². The molecule has 2 rings (SSSR count). The molecule has 0 bridgehead atoms. The Labute approximate surface area is 131 Å². The Morgan fingerprint density at radius 2 is 2.09 bits per heavy atom. The van der Waals surface area contributed by atoms with Gasteiger partial charge in [0.15, 0.2) is 6.29 Å². The van der Waals surface area contributed by atoms with Gasteiger partial charge in [-0.05, 0) is 39.8 Å². The fraction of sp³-hybridized carbons (Fsp3) is 0.562. The van der Waals surface area contributed by atoms with Gasteiger partial charge < -0.3 is 14.5 Å². The van der Waals surface area contributed by atoms with Crippen LogP contribution in [0.3, 0.4) is 0 Å². The summed E-state index contributed by atoms with van der Waals surface area (Å²) in [5.74, 6) is 0. The van der Waals surface area contributed by atoms with Crippen molar-refractivity contribution in [1.29, 1.82) is 0 Å². The van der Waals surface area contributed by atoms with E-state index < -0.39 is 5.60 Å². The third-order valence-electron chi connectivity index (χ3n) is 3.51. The minimum atomic E-state index is -0.484. The first-order valence-corrected chi connectivity index (χ1v) is 7.46. The summed E-state index contributed by atoms with van der Waals surface area (Å²) < 4.78 is 5.44. The predicted octanol–water partition coefficient (Wildman–Crippen LogP) is 2.34. The Bertz CT molecular complexity index is 537. The van der Waals surface area contributed by atoms with Crippen LogP contribution in [0.2, 0.25) is 0 Å². The molecule has 0 N–H and O–H groups in total. The number of aromatic nitrogens is 1. The second kappa shape index (κ2) is 6.34. The van der Waals surface area contributed by atoms with E-state index >= 15 is 0 Å². The van der Waals surface area contributed by atoms with Gasteiger partial charge in [-0.15, -0.1) is 0 Å². The van der Waals surface area contributed by atoms with Gasteiger partial charge in [-0.3, -0.25) is 9.78 Å². The number of aldehydes is 1. The Morgan fingerprint density at radius 1 is 1.36 bits per heavy atom. The van der Waals surface area contributed by atoms with Crippen molar-refractivity contribution in [2.24, 2.45) is 0 Å². The van der Waals surface area contributed by atoms with E-state index in [0.29, 0.717) is 25.3 Å². The summed E-state index contributed by atoms with van der Waals surface area (Å²) in [5.41, 5.74) is 0.896. The van der Waals surface area contributed by atoms with Crippen molar-refractivity contribution < 1.29 is 14.3 Å². The van der Waals surface area contributed by atoms with Gasteiger partial charge in [0.2, 0.25) is 0 Å². The van der Waals surface area contributed by atoms with Crippen molar-refractivity contribution in [3.63, 3.8) is 0 Å². The Hall–Kier alpha value is -2.11. The monoisotopic (exact) mass is 305 g/mol. The van der Waals surface area contributed by atoms with E-state index in [1.807, 2.05) is 33.8 Å². The molecule has 1 aromatic rings. The summed E-state index contributed by atoms with van der Waals surface area (Å²) in [6.07, 6.45) is 2.15. The summed E-state index contributed by atoms with van der Waals surface area (Å²) in [5, 5.41) is 0. The minimum absolute atomic E-state index is 0.0503. The van der Waals surface area contributed by atoms with Gasteiger partial charge in [-0.1, -0.05) is 0 Å². The Balaban J connectivity index is 1.99. The first-order chi connectivity index (χ1) is 10.3. The number of carbonyl (C=O) groups is 2. The molecule has 22 heavy (non-hydrogen) atoms. The summed E-state index contributed by atoms with van der Waals surface area (Å²) >= 11 is 0. The average molecular weight is 305 g/mol. The fourth-order valence-corrected chi connectivity index (χ4v) is 2.44. The van der Waals surface area contributed by atoms with Crippen molar-refractivity contribution >= 4 is 18.1 Å². The van der Waals surface area contributed by atoms with Crippen LogP contribution in [0.15, 0.2) is 18.3 Å². The van der Waals surface area contributed by atoms with Gasteiger partial charge in [-0.2, -0.15) is 0 Å². The fourth-order valence-electron chi connectivity index (χ4n) is 2.44. The molecule has 1 fully saturated rings. The quantitative estimate of drug-likeness (QED) is 0.785. The number of anilines is 1. The third kappa shape index (κ3) is 3.96. The van der Waals surface area contributed by atoms with Crippen LogP contribution in [-0.2, 0) is 4.74 Å². The zero-order valence-corrected chi connectivity index (χ0v) is 13.6. The molecular formula is C16H23N3O3. The van der Waals surface area contributed by atoms with Crippen LogP contribution in [0.5, 0.6) is 0 Å². The molecule has 0 aliphatic carbocycles. The summed E-state index contributed by atoms with van der Waals surface area (Å²) in [6.45, 7) is 9.63. The molecule has 1 amide bonds. The van der Waals surface area contributed by atoms with E-state index in [1.165, 1.54) is 0 Å². The van der Waals surface area contributed by atoms with Gasteiger partial charge in [0.05, 0.1) is 11.9 Å². The number of ether oxygens (including phenoxy) is 1. The van der Waals surface area contributed by atoms with Crippen LogP contribution in [0.4, 0.5) is 10.5 Å². The highest BCUT2D eigenvalue weighted by Gasteiger charge is 2.30. The summed E-state index contributed by atoms with van der Waals surface area (Å²) in [7, 11) is 0. The van der Waals surface area contributed by atoms with Crippen LogP contribution >= 0.6 is 0 Å². The smallest absolute Gasteiger partial charge is 0.410 e. The minimum Gasteiger partial charge on any atom is -0.444 e. The maximum Gasteiger partial charge on any atom is 0.410 e. The lowest BCUT2D eigenvalue weighted by Gasteiger charge is -2.41. The first kappa shape index (κ1) is 16.3. The topological polar surface area (TPSA) is 62.7 Å². The van der Waals surface area contributed by atoms with Gasteiger partial charge in [-0.25, -0.2) is 4.79 Å². The van der Waals surface area contributed by atoms with Crippen molar-refractivity contribution in [3.8, 4) is 0 Å². The molecule has 0 spiro atoms. The number of nitrogens with zero attached hydrogens (tertiary/aromatic N) is 3. The van der Waals surface area contributed by atoms with E-state index in [1.54, 1.807) is 17.2 Å². The Kier molecular flexibility index (Phi) is 4.68. The molecule has 1 aromatic heterocycles. The molecule has 0 aromatic carbocycles. The number of piperazine rings is 1. The van der Waals surface area contributed by atoms with Crippen molar-refractivity contribution in [1.82, 2.24) is 9.88 Å². The molecule has 6 heteroatoms. The second-order valence-corrected chi connectivity index (χ2v) is 6.53. The molecule has 1 atom stereocenters. The summed E-state index contributed by atoms with van der Waals surface area (Å²) in [4.78, 5) is 30.8. The highest BCUT2D eigenvalue weighted by atomic mass is 16.6. The number of rotatable bonds is 2.